The highest BCUT2D eigenvalue weighted by Crippen LogP contribution is 2.51. The number of aliphatic hydroxyl groups is 2. The van der Waals surface area contributed by atoms with E-state index in [1.54, 1.807) is 33.5 Å². The molecule has 3 unspecified atom stereocenters. The summed E-state index contributed by atoms with van der Waals surface area (Å²) >= 11 is 0. The van der Waals surface area contributed by atoms with Crippen molar-refractivity contribution in [2.75, 3.05) is 39.6 Å². The molecule has 2 N–H and O–H groups in total. The average molecular weight is 415 g/mol. The second-order valence-corrected chi connectivity index (χ2v) is 7.04. The highest BCUT2D eigenvalue weighted by Gasteiger charge is 2.41. The highest BCUT2D eigenvalue weighted by molar-refractivity contribution is 5.77. The molecule has 0 fully saturated rings. The number of hydrogen-bond donors (Lipinski definition) is 2. The number of ether oxygens (including phenoxy) is 5. The predicted octanol–water partition coefficient (Wildman–Crippen LogP) is 2.79. The molecule has 8 nitrogen and oxygen atoms in total. The van der Waals surface area contributed by atoms with Crippen LogP contribution < -0.4 is 28.6 Å². The van der Waals surface area contributed by atoms with Crippen molar-refractivity contribution in [1.29, 1.82) is 0 Å². The van der Waals surface area contributed by atoms with Crippen LogP contribution in [0.1, 0.15) is 11.7 Å². The van der Waals surface area contributed by atoms with E-state index in [1.165, 1.54) is 0 Å². The molecule has 0 saturated heterocycles. The molecule has 0 saturated carbocycles. The van der Waals surface area contributed by atoms with Crippen LogP contribution in [0.4, 0.5) is 11.4 Å². The van der Waals surface area contributed by atoms with E-state index in [9.17, 15) is 10.2 Å². The number of anilines is 2. The van der Waals surface area contributed by atoms with Gasteiger partial charge in [0, 0.05) is 35.4 Å². The van der Waals surface area contributed by atoms with Crippen molar-refractivity contribution < 1.29 is 33.9 Å². The van der Waals surface area contributed by atoms with Crippen LogP contribution in [-0.4, -0.2) is 51.0 Å². The maximum atomic E-state index is 11.0. The van der Waals surface area contributed by atoms with Gasteiger partial charge in [-0.15, -0.1) is 6.58 Å². The average Bonchev–Trinajstić information content (AvgIpc) is 3.24. The van der Waals surface area contributed by atoms with Crippen LogP contribution in [0, 0.1) is 5.92 Å². The molecule has 30 heavy (non-hydrogen) atoms. The molecule has 2 aromatic rings. The maximum absolute atomic E-state index is 11.0. The van der Waals surface area contributed by atoms with E-state index in [1.807, 2.05) is 23.1 Å². The Bertz CT molecular complexity index is 936. The van der Waals surface area contributed by atoms with Crippen LogP contribution >= 0.6 is 0 Å². The standard InChI is InChI=1S/C22H25NO7/c1-5-15-14(10-24)21(25)13-8-17-18(30-11-29-17)9-16(13)23(15)12-6-19(26-2)22(28-4)20(7-12)27-3/h5-9,14-15,21,24-25H,1,10-11H2,2-4H3. The lowest BCUT2D eigenvalue weighted by Gasteiger charge is -2.44. The number of rotatable bonds is 6. The summed E-state index contributed by atoms with van der Waals surface area (Å²) in [6.45, 7) is 3.84. The topological polar surface area (TPSA) is 89.9 Å². The first-order valence-corrected chi connectivity index (χ1v) is 9.52. The van der Waals surface area contributed by atoms with Crippen LogP contribution in [0.2, 0.25) is 0 Å². The molecular weight excluding hydrogens is 390 g/mol. The SMILES string of the molecule is C=CC1C(CO)C(O)c2cc3c(cc2N1c1cc(OC)c(OC)c(OC)c1)OCO3. The number of aliphatic hydroxyl groups excluding tert-OH is 2. The Morgan fingerprint density at radius 3 is 2.23 bits per heavy atom. The van der Waals surface area contributed by atoms with Crippen molar-refractivity contribution in [1.82, 2.24) is 0 Å². The Morgan fingerprint density at radius 1 is 1.07 bits per heavy atom. The van der Waals surface area contributed by atoms with Gasteiger partial charge in [-0.05, 0) is 6.07 Å². The molecule has 0 radical (unpaired) electrons. The van der Waals surface area contributed by atoms with Crippen molar-refractivity contribution >= 4 is 11.4 Å². The van der Waals surface area contributed by atoms with Crippen molar-refractivity contribution in [3.05, 3.63) is 42.5 Å². The highest BCUT2D eigenvalue weighted by atomic mass is 16.7. The Morgan fingerprint density at radius 2 is 1.70 bits per heavy atom. The van der Waals surface area contributed by atoms with E-state index in [0.717, 1.165) is 11.4 Å². The van der Waals surface area contributed by atoms with Crippen molar-refractivity contribution in [2.24, 2.45) is 5.92 Å². The molecule has 2 aliphatic rings. The Kier molecular flexibility index (Phi) is 5.36. The van der Waals surface area contributed by atoms with Gasteiger partial charge in [0.25, 0.3) is 0 Å². The fraction of sp³-hybridized carbons (Fsp3) is 0.364. The maximum Gasteiger partial charge on any atom is 0.231 e. The minimum Gasteiger partial charge on any atom is -0.493 e. The van der Waals surface area contributed by atoms with Gasteiger partial charge >= 0.3 is 0 Å². The normalized spacial score (nSPS) is 21.8. The third-order valence-electron chi connectivity index (χ3n) is 5.62. The van der Waals surface area contributed by atoms with Gasteiger partial charge in [-0.25, -0.2) is 0 Å². The quantitative estimate of drug-likeness (QED) is 0.697. The third-order valence-corrected chi connectivity index (χ3v) is 5.62. The van der Waals surface area contributed by atoms with Gasteiger partial charge in [0.15, 0.2) is 23.0 Å². The van der Waals surface area contributed by atoms with Gasteiger partial charge in [-0.2, -0.15) is 0 Å². The molecule has 2 heterocycles. The Labute approximate surface area is 174 Å². The summed E-state index contributed by atoms with van der Waals surface area (Å²) in [5.41, 5.74) is 2.07. The lowest BCUT2D eigenvalue weighted by atomic mass is 9.82. The first-order valence-electron chi connectivity index (χ1n) is 9.52. The van der Waals surface area contributed by atoms with E-state index in [-0.39, 0.29) is 13.4 Å². The van der Waals surface area contributed by atoms with Crippen LogP contribution in [0.3, 0.4) is 0 Å². The third kappa shape index (κ3) is 3.00. The zero-order chi connectivity index (χ0) is 21.4. The summed E-state index contributed by atoms with van der Waals surface area (Å²) in [6, 6.07) is 6.82. The molecule has 0 amide bonds. The molecule has 0 aromatic heterocycles. The lowest BCUT2D eigenvalue weighted by Crippen LogP contribution is -2.45. The van der Waals surface area contributed by atoms with Crippen LogP contribution in [0.5, 0.6) is 28.7 Å². The monoisotopic (exact) mass is 415 g/mol. The molecule has 3 atom stereocenters. The summed E-state index contributed by atoms with van der Waals surface area (Å²) < 4.78 is 27.5. The van der Waals surface area contributed by atoms with Crippen molar-refractivity contribution in [2.45, 2.75) is 12.1 Å². The lowest BCUT2D eigenvalue weighted by molar-refractivity contribution is 0.0542. The molecule has 0 spiro atoms. The number of methoxy groups -OCH3 is 3. The Hall–Kier alpha value is -3.10. The summed E-state index contributed by atoms with van der Waals surface area (Å²) in [5.74, 6) is 2.09. The largest absolute Gasteiger partial charge is 0.493 e. The van der Waals surface area contributed by atoms with Gasteiger partial charge < -0.3 is 38.8 Å². The fourth-order valence-electron chi connectivity index (χ4n) is 4.17. The minimum absolute atomic E-state index is 0.118. The van der Waals surface area contributed by atoms with E-state index >= 15 is 0 Å². The second kappa shape index (κ2) is 7.97. The summed E-state index contributed by atoms with van der Waals surface area (Å²) in [4.78, 5) is 1.97. The summed E-state index contributed by atoms with van der Waals surface area (Å²) in [6.07, 6.45) is 0.807. The number of hydrogen-bond acceptors (Lipinski definition) is 8. The number of nitrogens with zero attached hydrogens (tertiary/aromatic N) is 1. The second-order valence-electron chi connectivity index (χ2n) is 7.04. The smallest absolute Gasteiger partial charge is 0.231 e. The first-order chi connectivity index (χ1) is 14.6. The van der Waals surface area contributed by atoms with E-state index in [0.29, 0.717) is 34.3 Å². The van der Waals surface area contributed by atoms with E-state index < -0.39 is 18.1 Å². The van der Waals surface area contributed by atoms with Gasteiger partial charge in [0.05, 0.1) is 45.8 Å². The number of fused-ring (bicyclic) bond motifs is 2. The predicted molar refractivity (Wildman–Crippen MR) is 110 cm³/mol. The van der Waals surface area contributed by atoms with Crippen LogP contribution in [-0.2, 0) is 0 Å². The molecule has 0 aliphatic carbocycles. The molecule has 4 rings (SSSR count). The van der Waals surface area contributed by atoms with Crippen LogP contribution in [0.25, 0.3) is 0 Å². The molecule has 2 aromatic carbocycles. The molecule has 8 heteroatoms. The molecule has 160 valence electrons. The summed E-state index contributed by atoms with van der Waals surface area (Å²) in [5, 5.41) is 21.1. The van der Waals surface area contributed by atoms with Crippen LogP contribution in [0.15, 0.2) is 36.9 Å². The van der Waals surface area contributed by atoms with Crippen molar-refractivity contribution in [3.63, 3.8) is 0 Å². The van der Waals surface area contributed by atoms with Gasteiger partial charge in [0.2, 0.25) is 12.5 Å². The zero-order valence-corrected chi connectivity index (χ0v) is 17.1. The zero-order valence-electron chi connectivity index (χ0n) is 17.1. The molecule has 0 bridgehead atoms. The van der Waals surface area contributed by atoms with Gasteiger partial charge in [-0.1, -0.05) is 6.08 Å². The van der Waals surface area contributed by atoms with E-state index in [2.05, 4.69) is 6.58 Å². The van der Waals surface area contributed by atoms with E-state index in [4.69, 9.17) is 23.7 Å². The number of benzene rings is 2. The molecule has 2 aliphatic heterocycles. The minimum atomic E-state index is -0.902. The van der Waals surface area contributed by atoms with Crippen molar-refractivity contribution in [3.8, 4) is 28.7 Å². The van der Waals surface area contributed by atoms with Gasteiger partial charge in [0.1, 0.15) is 0 Å². The fourth-order valence-corrected chi connectivity index (χ4v) is 4.17. The first kappa shape index (κ1) is 20.2. The summed E-state index contributed by atoms with van der Waals surface area (Å²) in [7, 11) is 4.64. The Balaban J connectivity index is 1.96. The van der Waals surface area contributed by atoms with Gasteiger partial charge in [-0.3, -0.25) is 0 Å². The molecular formula is C22H25NO7.